The van der Waals surface area contributed by atoms with E-state index in [9.17, 15) is 0 Å². The first-order valence-corrected chi connectivity index (χ1v) is 2.64. The highest BCUT2D eigenvalue weighted by Gasteiger charge is 2.23. The van der Waals surface area contributed by atoms with Gasteiger partial charge in [-0.15, -0.1) is 0 Å². The van der Waals surface area contributed by atoms with Gasteiger partial charge in [0.25, 0.3) is 0 Å². The van der Waals surface area contributed by atoms with E-state index in [1.54, 1.807) is 31.8 Å². The fourth-order valence-corrected chi connectivity index (χ4v) is 0.646. The van der Waals surface area contributed by atoms with E-state index >= 15 is 0 Å². The van der Waals surface area contributed by atoms with Gasteiger partial charge in [0.15, 0.2) is 0 Å². The van der Waals surface area contributed by atoms with E-state index in [0.717, 1.165) is 0 Å². The normalized spacial score (nSPS) is 23.6. The predicted molar refractivity (Wildman–Crippen MR) is 32.1 cm³/mol. The van der Waals surface area contributed by atoms with Crippen molar-refractivity contribution in [2.24, 2.45) is 0 Å². The Morgan fingerprint density at radius 2 is 2.00 bits per heavy atom. The molecule has 2 nitrogen and oxygen atoms in total. The van der Waals surface area contributed by atoms with Crippen LogP contribution in [0.2, 0.25) is 0 Å². The smallest absolute Gasteiger partial charge is 0.147 e. The van der Waals surface area contributed by atoms with Crippen LogP contribution in [-0.4, -0.2) is 11.2 Å². The van der Waals surface area contributed by atoms with Crippen molar-refractivity contribution >= 4 is 0 Å². The average molecular weight is 120 g/mol. The summed E-state index contributed by atoms with van der Waals surface area (Å²) in [5.74, 6) is 0.664. The van der Waals surface area contributed by atoms with E-state index in [0.29, 0.717) is 5.92 Å². The fraction of sp³-hybridized carbons (Fsp3) is 0.143. The zero-order chi connectivity index (χ0) is 6.69. The molecule has 1 atom stereocenters. The molecule has 1 aliphatic carbocycles. The summed E-state index contributed by atoms with van der Waals surface area (Å²) in [6.07, 6.45) is 6.05. The lowest BCUT2D eigenvalue weighted by molar-refractivity contribution is 0.251. The molecule has 1 N–H and O–H groups in total. The van der Waals surface area contributed by atoms with Crippen LogP contribution in [0.4, 0.5) is 0 Å². The molecule has 0 bridgehead atoms. The van der Waals surface area contributed by atoms with E-state index < -0.39 is 6.10 Å². The second-order valence-electron chi connectivity index (χ2n) is 1.75. The van der Waals surface area contributed by atoms with Gasteiger partial charge >= 0.3 is 0 Å². The lowest BCUT2D eigenvalue weighted by Gasteiger charge is -2.06. The number of aliphatic hydroxyl groups is 1. The first-order chi connectivity index (χ1) is 4.34. The van der Waals surface area contributed by atoms with Gasteiger partial charge in [-0.25, -0.2) is 0 Å². The zero-order valence-electron chi connectivity index (χ0n) is 4.78. The lowest BCUT2D eigenvalue weighted by atomic mass is 10.0. The van der Waals surface area contributed by atoms with Crippen LogP contribution in [0.15, 0.2) is 0 Å². The average Bonchev–Trinajstić information content (AvgIpc) is 2.37. The SMILES string of the molecule is N#CC(O)[C]1[CH][CH][CH][CH]1. The molecule has 0 aromatic heterocycles. The highest BCUT2D eigenvalue weighted by atomic mass is 16.3. The van der Waals surface area contributed by atoms with E-state index in [1.165, 1.54) is 0 Å². The molecule has 0 aromatic carbocycles. The minimum atomic E-state index is -0.958. The summed E-state index contributed by atoms with van der Waals surface area (Å²) < 4.78 is 0. The van der Waals surface area contributed by atoms with E-state index in [1.807, 2.05) is 0 Å². The molecule has 1 saturated carbocycles. The quantitative estimate of drug-likeness (QED) is 0.505. The summed E-state index contributed by atoms with van der Waals surface area (Å²) in [4.78, 5) is 0. The number of aliphatic hydroxyl groups excluding tert-OH is 1. The van der Waals surface area contributed by atoms with Crippen molar-refractivity contribution in [2.75, 3.05) is 0 Å². The number of rotatable bonds is 1. The minimum absolute atomic E-state index is 0.664. The molecular formula is C7H6NO. The summed E-state index contributed by atoms with van der Waals surface area (Å²) in [5.41, 5.74) is 0. The highest BCUT2D eigenvalue weighted by molar-refractivity contribution is 5.39. The van der Waals surface area contributed by atoms with Crippen molar-refractivity contribution in [1.29, 1.82) is 5.26 Å². The van der Waals surface area contributed by atoms with Crippen molar-refractivity contribution < 1.29 is 5.11 Å². The van der Waals surface area contributed by atoms with Crippen molar-refractivity contribution in [3.8, 4) is 6.07 Å². The number of nitrogens with zero attached hydrogens (tertiary/aromatic N) is 1. The predicted octanol–water partition coefficient (Wildman–Crippen LogP) is 0.276. The van der Waals surface area contributed by atoms with Gasteiger partial charge in [-0.2, -0.15) is 5.26 Å². The van der Waals surface area contributed by atoms with Crippen LogP contribution in [-0.2, 0) is 0 Å². The van der Waals surface area contributed by atoms with Crippen LogP contribution >= 0.6 is 0 Å². The minimum Gasteiger partial charge on any atom is -0.378 e. The summed E-state index contributed by atoms with van der Waals surface area (Å²) in [5, 5.41) is 17.1. The molecule has 1 unspecified atom stereocenters. The van der Waals surface area contributed by atoms with E-state index in [2.05, 4.69) is 0 Å². The van der Waals surface area contributed by atoms with Crippen LogP contribution in [0.25, 0.3) is 0 Å². The highest BCUT2D eigenvalue weighted by Crippen LogP contribution is 2.25. The third-order valence-electron chi connectivity index (χ3n) is 1.13. The second-order valence-corrected chi connectivity index (χ2v) is 1.75. The molecule has 2 heteroatoms. The fourth-order valence-electron chi connectivity index (χ4n) is 0.646. The molecule has 0 aromatic rings. The molecule has 9 heavy (non-hydrogen) atoms. The van der Waals surface area contributed by atoms with Crippen LogP contribution in [0.5, 0.6) is 0 Å². The number of hydrogen-bond donors (Lipinski definition) is 1. The molecule has 0 aliphatic heterocycles. The molecule has 45 valence electrons. The summed E-state index contributed by atoms with van der Waals surface area (Å²) in [6.45, 7) is 0. The van der Waals surface area contributed by atoms with Crippen LogP contribution in [0, 0.1) is 42.9 Å². The van der Waals surface area contributed by atoms with Crippen molar-refractivity contribution in [2.45, 2.75) is 6.10 Å². The van der Waals surface area contributed by atoms with Gasteiger partial charge in [0, 0.05) is 5.92 Å². The molecule has 1 rings (SSSR count). The molecule has 5 radical (unpaired) electrons. The first-order valence-electron chi connectivity index (χ1n) is 2.64. The van der Waals surface area contributed by atoms with E-state index in [4.69, 9.17) is 10.4 Å². The van der Waals surface area contributed by atoms with Gasteiger partial charge in [-0.3, -0.25) is 0 Å². The van der Waals surface area contributed by atoms with Gasteiger partial charge in [-0.05, 0) is 25.7 Å². The van der Waals surface area contributed by atoms with Gasteiger partial charge in [0.05, 0.1) is 6.07 Å². The maximum absolute atomic E-state index is 8.86. The molecular weight excluding hydrogens is 114 g/mol. The van der Waals surface area contributed by atoms with Gasteiger partial charge in [0.1, 0.15) is 6.10 Å². The molecule has 0 heterocycles. The Kier molecular flexibility index (Phi) is 2.07. The summed E-state index contributed by atoms with van der Waals surface area (Å²) in [7, 11) is 0. The van der Waals surface area contributed by atoms with E-state index in [-0.39, 0.29) is 0 Å². The molecule has 1 fully saturated rings. The second kappa shape index (κ2) is 2.84. The largest absolute Gasteiger partial charge is 0.378 e. The monoisotopic (exact) mass is 120 g/mol. The van der Waals surface area contributed by atoms with Gasteiger partial charge in [0.2, 0.25) is 0 Å². The number of hydrogen-bond acceptors (Lipinski definition) is 2. The molecule has 0 amide bonds. The van der Waals surface area contributed by atoms with Crippen molar-refractivity contribution in [3.05, 3.63) is 31.6 Å². The van der Waals surface area contributed by atoms with Crippen LogP contribution in [0.1, 0.15) is 0 Å². The molecule has 0 spiro atoms. The third kappa shape index (κ3) is 1.43. The Morgan fingerprint density at radius 1 is 1.44 bits per heavy atom. The molecule has 1 aliphatic rings. The van der Waals surface area contributed by atoms with Gasteiger partial charge in [-0.1, -0.05) is 0 Å². The van der Waals surface area contributed by atoms with Crippen LogP contribution in [0.3, 0.4) is 0 Å². The van der Waals surface area contributed by atoms with Gasteiger partial charge < -0.3 is 5.11 Å². The number of nitriles is 1. The lowest BCUT2D eigenvalue weighted by Crippen LogP contribution is -2.12. The maximum atomic E-state index is 8.86. The summed E-state index contributed by atoms with van der Waals surface area (Å²) in [6, 6.07) is 1.72. The topological polar surface area (TPSA) is 44.0 Å². The maximum Gasteiger partial charge on any atom is 0.147 e. The third-order valence-corrected chi connectivity index (χ3v) is 1.13. The Balaban J connectivity index is 2.34. The first kappa shape index (κ1) is 6.57. The van der Waals surface area contributed by atoms with Crippen molar-refractivity contribution in [3.63, 3.8) is 0 Å². The standard InChI is InChI=1S/C7H6NO/c8-5-7(9)6-3-1-2-4-6/h1-4,7,9H. The Hall–Kier alpha value is -0.550. The zero-order valence-corrected chi connectivity index (χ0v) is 4.78. The van der Waals surface area contributed by atoms with Crippen molar-refractivity contribution in [1.82, 2.24) is 0 Å². The Labute approximate surface area is 55.1 Å². The van der Waals surface area contributed by atoms with Crippen LogP contribution < -0.4 is 0 Å². The Morgan fingerprint density at radius 3 is 2.44 bits per heavy atom. The Bertz CT molecular complexity index is 121. The summed E-state index contributed by atoms with van der Waals surface area (Å²) >= 11 is 0. The molecule has 0 saturated heterocycles.